The minimum atomic E-state index is -4.09. The lowest BCUT2D eigenvalue weighted by atomic mass is 9.84. The molecule has 0 spiro atoms. The normalized spacial score (nSPS) is 35.6. The zero-order chi connectivity index (χ0) is 15.7. The van der Waals surface area contributed by atoms with Gasteiger partial charge in [-0.2, -0.15) is 13.2 Å². The highest BCUT2D eigenvalue weighted by atomic mass is 32.2. The van der Waals surface area contributed by atoms with E-state index in [9.17, 15) is 21.6 Å². The summed E-state index contributed by atoms with van der Waals surface area (Å²) in [6.45, 7) is 0. The lowest BCUT2D eigenvalue weighted by molar-refractivity contribution is -0.182. The van der Waals surface area contributed by atoms with E-state index in [-0.39, 0.29) is 30.2 Å². The van der Waals surface area contributed by atoms with Gasteiger partial charge < -0.3 is 5.32 Å². The molecule has 0 aromatic heterocycles. The highest BCUT2D eigenvalue weighted by Gasteiger charge is 2.42. The Kier molecular flexibility index (Phi) is 5.23. The second-order valence-corrected chi connectivity index (χ2v) is 8.78. The molecule has 21 heavy (non-hydrogen) atoms. The third-order valence-electron chi connectivity index (χ3n) is 4.89. The van der Waals surface area contributed by atoms with Gasteiger partial charge in [0.1, 0.15) is 0 Å². The fourth-order valence-electron chi connectivity index (χ4n) is 3.69. The van der Waals surface area contributed by atoms with E-state index in [0.29, 0.717) is 19.3 Å². The molecule has 2 fully saturated rings. The van der Waals surface area contributed by atoms with Crippen molar-refractivity contribution in [2.24, 2.45) is 5.92 Å². The lowest BCUT2D eigenvalue weighted by Crippen LogP contribution is -2.51. The fraction of sp³-hybridized carbons (Fsp3) is 1.00. The lowest BCUT2D eigenvalue weighted by Gasteiger charge is -2.37. The maximum atomic E-state index is 12.6. The summed E-state index contributed by atoms with van der Waals surface area (Å²) in [5, 5.41) is 2.96. The summed E-state index contributed by atoms with van der Waals surface area (Å²) in [6.07, 6.45) is 1.80. The molecule has 0 bridgehead atoms. The van der Waals surface area contributed by atoms with Gasteiger partial charge in [0, 0.05) is 18.3 Å². The standard InChI is InChI=1S/C14H24F3NO2S/c1-21(19,20)13-5-3-2-4-12(13)18-11-8-6-10(7-9-11)14(15,16)17/h10-13,18H,2-9H2,1H3/t10?,11?,12-,13-/m0/s1. The third kappa shape index (κ3) is 4.58. The zero-order valence-electron chi connectivity index (χ0n) is 12.3. The van der Waals surface area contributed by atoms with Crippen molar-refractivity contribution in [1.82, 2.24) is 5.32 Å². The molecule has 0 radical (unpaired) electrons. The second-order valence-electron chi connectivity index (χ2n) is 6.52. The summed E-state index contributed by atoms with van der Waals surface area (Å²) >= 11 is 0. The summed E-state index contributed by atoms with van der Waals surface area (Å²) in [6, 6.07) is -0.0721. The van der Waals surface area contributed by atoms with E-state index < -0.39 is 21.9 Å². The molecule has 2 aliphatic carbocycles. The van der Waals surface area contributed by atoms with Crippen LogP contribution in [0.4, 0.5) is 13.2 Å². The zero-order valence-corrected chi connectivity index (χ0v) is 13.1. The average Bonchev–Trinajstić information content (AvgIpc) is 2.37. The first-order chi connectivity index (χ1) is 9.68. The van der Waals surface area contributed by atoms with Crippen LogP contribution in [0.3, 0.4) is 0 Å². The van der Waals surface area contributed by atoms with E-state index in [1.54, 1.807) is 0 Å². The van der Waals surface area contributed by atoms with Crippen molar-refractivity contribution < 1.29 is 21.6 Å². The Labute approximate surface area is 124 Å². The Morgan fingerprint density at radius 2 is 1.52 bits per heavy atom. The average molecular weight is 327 g/mol. The summed E-state index contributed by atoms with van der Waals surface area (Å²) in [7, 11) is -3.10. The minimum Gasteiger partial charge on any atom is -0.310 e. The highest BCUT2D eigenvalue weighted by Crippen LogP contribution is 2.38. The van der Waals surface area contributed by atoms with Crippen LogP contribution >= 0.6 is 0 Å². The quantitative estimate of drug-likeness (QED) is 0.866. The monoisotopic (exact) mass is 327 g/mol. The number of sulfone groups is 1. The van der Waals surface area contributed by atoms with Crippen LogP contribution in [-0.2, 0) is 9.84 Å². The van der Waals surface area contributed by atoms with E-state index in [0.717, 1.165) is 19.3 Å². The van der Waals surface area contributed by atoms with Gasteiger partial charge in [-0.15, -0.1) is 0 Å². The van der Waals surface area contributed by atoms with E-state index >= 15 is 0 Å². The van der Waals surface area contributed by atoms with Crippen molar-refractivity contribution in [1.29, 1.82) is 0 Å². The highest BCUT2D eigenvalue weighted by molar-refractivity contribution is 7.91. The molecule has 0 heterocycles. The molecule has 1 N–H and O–H groups in total. The molecule has 2 aliphatic rings. The Bertz CT molecular complexity index is 442. The van der Waals surface area contributed by atoms with Crippen molar-refractivity contribution in [2.75, 3.05) is 6.26 Å². The van der Waals surface area contributed by atoms with Crippen molar-refractivity contribution >= 4 is 9.84 Å². The molecule has 7 heteroatoms. The van der Waals surface area contributed by atoms with E-state index in [1.165, 1.54) is 6.26 Å². The van der Waals surface area contributed by atoms with Crippen molar-refractivity contribution in [3.05, 3.63) is 0 Å². The summed E-state index contributed by atoms with van der Waals surface area (Å²) in [4.78, 5) is 0. The largest absolute Gasteiger partial charge is 0.391 e. The van der Waals surface area contributed by atoms with Gasteiger partial charge in [-0.05, 0) is 38.5 Å². The maximum absolute atomic E-state index is 12.6. The van der Waals surface area contributed by atoms with Crippen LogP contribution in [0.1, 0.15) is 51.4 Å². The van der Waals surface area contributed by atoms with Crippen LogP contribution in [0, 0.1) is 5.92 Å². The van der Waals surface area contributed by atoms with Gasteiger partial charge in [-0.25, -0.2) is 8.42 Å². The molecular formula is C14H24F3NO2S. The summed E-state index contributed by atoms with van der Waals surface area (Å²) < 4.78 is 61.6. The van der Waals surface area contributed by atoms with Gasteiger partial charge in [0.15, 0.2) is 9.84 Å². The molecule has 124 valence electrons. The van der Waals surface area contributed by atoms with Gasteiger partial charge >= 0.3 is 6.18 Å². The number of alkyl halides is 3. The number of hydrogen-bond donors (Lipinski definition) is 1. The van der Waals surface area contributed by atoms with Crippen LogP contribution in [0.15, 0.2) is 0 Å². The predicted octanol–water partition coefficient (Wildman–Crippen LogP) is 3.05. The first-order valence-corrected chi connectivity index (χ1v) is 9.65. The van der Waals surface area contributed by atoms with Crippen LogP contribution in [0.2, 0.25) is 0 Å². The molecule has 0 unspecified atom stereocenters. The third-order valence-corrected chi connectivity index (χ3v) is 6.56. The second kappa shape index (κ2) is 6.44. The molecule has 0 aliphatic heterocycles. The summed E-state index contributed by atoms with van der Waals surface area (Å²) in [5.41, 5.74) is 0. The molecule has 2 rings (SSSR count). The number of hydrogen-bond acceptors (Lipinski definition) is 3. The van der Waals surface area contributed by atoms with Crippen molar-refractivity contribution in [3.8, 4) is 0 Å². The minimum absolute atomic E-state index is 0.0240. The van der Waals surface area contributed by atoms with E-state index in [2.05, 4.69) is 5.32 Å². The van der Waals surface area contributed by atoms with Crippen molar-refractivity contribution in [2.45, 2.75) is 74.9 Å². The van der Waals surface area contributed by atoms with Crippen LogP contribution in [0.25, 0.3) is 0 Å². The van der Waals surface area contributed by atoms with Gasteiger partial charge in [0.25, 0.3) is 0 Å². The Balaban J connectivity index is 1.90. The topological polar surface area (TPSA) is 46.2 Å². The van der Waals surface area contributed by atoms with E-state index in [4.69, 9.17) is 0 Å². The van der Waals surface area contributed by atoms with Gasteiger partial charge in [0.2, 0.25) is 0 Å². The Morgan fingerprint density at radius 1 is 0.952 bits per heavy atom. The first kappa shape index (κ1) is 17.1. The van der Waals surface area contributed by atoms with E-state index in [1.807, 2.05) is 0 Å². The van der Waals surface area contributed by atoms with Crippen LogP contribution in [0.5, 0.6) is 0 Å². The number of nitrogens with one attached hydrogen (secondary N) is 1. The SMILES string of the molecule is CS(=O)(=O)[C@H]1CCCC[C@@H]1NC1CCC(C(F)(F)F)CC1. The van der Waals surface area contributed by atoms with Crippen molar-refractivity contribution in [3.63, 3.8) is 0 Å². The predicted molar refractivity (Wildman–Crippen MR) is 75.8 cm³/mol. The fourth-order valence-corrected chi connectivity index (χ4v) is 5.10. The molecule has 2 atom stereocenters. The molecule has 0 aromatic carbocycles. The van der Waals surface area contributed by atoms with Crippen LogP contribution in [-0.4, -0.2) is 38.2 Å². The van der Waals surface area contributed by atoms with Gasteiger partial charge in [-0.3, -0.25) is 0 Å². The molecule has 0 saturated heterocycles. The van der Waals surface area contributed by atoms with Gasteiger partial charge in [0.05, 0.1) is 11.2 Å². The summed E-state index contributed by atoms with van der Waals surface area (Å²) in [5.74, 6) is -1.19. The molecule has 0 aromatic rings. The molecular weight excluding hydrogens is 303 g/mol. The molecule has 0 amide bonds. The first-order valence-electron chi connectivity index (χ1n) is 7.69. The van der Waals surface area contributed by atoms with Crippen LogP contribution < -0.4 is 5.32 Å². The van der Waals surface area contributed by atoms with Gasteiger partial charge in [-0.1, -0.05) is 12.8 Å². The molecule has 2 saturated carbocycles. The maximum Gasteiger partial charge on any atom is 0.391 e. The number of halogens is 3. The molecule has 3 nitrogen and oxygen atoms in total. The Hall–Kier alpha value is -0.300. The Morgan fingerprint density at radius 3 is 2.05 bits per heavy atom. The number of rotatable bonds is 3. The smallest absolute Gasteiger partial charge is 0.310 e.